The van der Waals surface area contributed by atoms with Crippen LogP contribution in [0.5, 0.6) is 0 Å². The average molecular weight is 277 g/mol. The van der Waals surface area contributed by atoms with E-state index < -0.39 is 0 Å². The van der Waals surface area contributed by atoms with Gasteiger partial charge in [-0.05, 0) is 30.7 Å². The summed E-state index contributed by atoms with van der Waals surface area (Å²) in [5.41, 5.74) is 4.33. The largest absolute Gasteiger partial charge is 0.313 e. The fourth-order valence-corrected chi connectivity index (χ4v) is 2.54. The van der Waals surface area contributed by atoms with E-state index in [2.05, 4.69) is 0 Å². The van der Waals surface area contributed by atoms with Gasteiger partial charge in [0, 0.05) is 24.2 Å². The molecule has 0 N–H and O–H groups in total. The smallest absolute Gasteiger partial charge is 0.176 e. The third-order valence-corrected chi connectivity index (χ3v) is 3.64. The van der Waals surface area contributed by atoms with Gasteiger partial charge >= 0.3 is 0 Å². The van der Waals surface area contributed by atoms with Crippen molar-refractivity contribution < 1.29 is 9.59 Å². The highest BCUT2D eigenvalue weighted by Gasteiger charge is 2.13. The molecule has 3 heteroatoms. The number of aromatic nitrogens is 1. The summed E-state index contributed by atoms with van der Waals surface area (Å²) in [6, 6.07) is 15.2. The molecule has 1 aromatic carbocycles. The number of hydrogen-bond donors (Lipinski definition) is 0. The minimum Gasteiger partial charge on any atom is -0.313 e. The Kier molecular flexibility index (Phi) is 3.18. The van der Waals surface area contributed by atoms with Crippen LogP contribution in [0.1, 0.15) is 34.7 Å². The van der Waals surface area contributed by atoms with Crippen molar-refractivity contribution in [1.82, 2.24) is 4.40 Å². The minimum absolute atomic E-state index is 0.0304. The van der Waals surface area contributed by atoms with Crippen molar-refractivity contribution in [3.63, 3.8) is 0 Å². The number of Topliss-reactive ketones (excluding diaryl/α,β-unsaturated/α-hetero) is 2. The van der Waals surface area contributed by atoms with E-state index in [0.29, 0.717) is 11.3 Å². The predicted molar refractivity (Wildman–Crippen MR) is 82.8 cm³/mol. The van der Waals surface area contributed by atoms with Crippen molar-refractivity contribution in [2.24, 2.45) is 0 Å². The van der Waals surface area contributed by atoms with E-state index >= 15 is 0 Å². The Balaban J connectivity index is 2.20. The van der Waals surface area contributed by atoms with E-state index in [1.54, 1.807) is 13.8 Å². The molecule has 3 rings (SSSR count). The number of ketones is 2. The maximum absolute atomic E-state index is 11.8. The maximum atomic E-state index is 11.8. The van der Waals surface area contributed by atoms with Crippen LogP contribution in [-0.2, 0) is 0 Å². The Hall–Kier alpha value is -2.68. The van der Waals surface area contributed by atoms with Gasteiger partial charge in [0.25, 0.3) is 0 Å². The molecule has 0 atom stereocenters. The highest BCUT2D eigenvalue weighted by atomic mass is 16.1. The van der Waals surface area contributed by atoms with Crippen molar-refractivity contribution in [3.05, 3.63) is 66.0 Å². The van der Waals surface area contributed by atoms with Gasteiger partial charge in [-0.3, -0.25) is 9.59 Å². The molecule has 0 bridgehead atoms. The Morgan fingerprint density at radius 1 is 0.905 bits per heavy atom. The molecule has 2 aromatic heterocycles. The predicted octanol–water partition coefficient (Wildman–Crippen LogP) is 4.01. The van der Waals surface area contributed by atoms with Crippen LogP contribution in [0.25, 0.3) is 16.6 Å². The molecule has 0 aliphatic rings. The number of nitrogens with zero attached hydrogens (tertiary/aromatic N) is 1. The number of carbonyl (C=O) groups excluding carboxylic acids is 2. The molecule has 21 heavy (non-hydrogen) atoms. The topological polar surface area (TPSA) is 38.5 Å². The van der Waals surface area contributed by atoms with Crippen LogP contribution in [0, 0.1) is 0 Å². The fourth-order valence-electron chi connectivity index (χ4n) is 2.54. The van der Waals surface area contributed by atoms with Crippen molar-refractivity contribution in [3.8, 4) is 11.1 Å². The molecule has 0 aliphatic carbocycles. The van der Waals surface area contributed by atoms with Crippen molar-refractivity contribution in [2.75, 3.05) is 0 Å². The summed E-state index contributed by atoms with van der Waals surface area (Å²) in [7, 11) is 0. The molecule has 0 saturated heterocycles. The van der Waals surface area contributed by atoms with E-state index in [-0.39, 0.29) is 11.6 Å². The minimum atomic E-state index is 0.0304. The molecule has 0 unspecified atom stereocenters. The summed E-state index contributed by atoms with van der Waals surface area (Å²) >= 11 is 0. The first-order valence-electron chi connectivity index (χ1n) is 6.80. The zero-order valence-electron chi connectivity index (χ0n) is 12.0. The zero-order valence-corrected chi connectivity index (χ0v) is 12.0. The van der Waals surface area contributed by atoms with Crippen molar-refractivity contribution >= 4 is 17.1 Å². The van der Waals surface area contributed by atoms with E-state index in [9.17, 15) is 9.59 Å². The molecular weight excluding hydrogens is 262 g/mol. The first-order chi connectivity index (χ1) is 10.1. The third kappa shape index (κ3) is 2.27. The number of carbonyl (C=O) groups is 2. The summed E-state index contributed by atoms with van der Waals surface area (Å²) in [6.45, 7) is 3.12. The van der Waals surface area contributed by atoms with Gasteiger partial charge in [0.2, 0.25) is 0 Å². The Morgan fingerprint density at radius 3 is 2.24 bits per heavy atom. The van der Waals surface area contributed by atoms with E-state index in [1.807, 2.05) is 59.1 Å². The lowest BCUT2D eigenvalue weighted by atomic mass is 10.0. The standard InChI is InChI=1S/C18H15NO2/c1-12(20)14-6-8-15(9-7-14)16-11-18(13(2)21)19-10-4-3-5-17(16)19/h3-11H,1-2H3. The van der Waals surface area contributed by atoms with Crippen LogP contribution in [0.4, 0.5) is 0 Å². The molecule has 0 spiro atoms. The molecule has 3 aromatic rings. The third-order valence-electron chi connectivity index (χ3n) is 3.64. The van der Waals surface area contributed by atoms with Crippen LogP contribution < -0.4 is 0 Å². The number of rotatable bonds is 3. The van der Waals surface area contributed by atoms with Gasteiger partial charge in [-0.2, -0.15) is 0 Å². The van der Waals surface area contributed by atoms with Crippen molar-refractivity contribution in [2.45, 2.75) is 13.8 Å². The van der Waals surface area contributed by atoms with Crippen LogP contribution >= 0.6 is 0 Å². The van der Waals surface area contributed by atoms with E-state index in [1.165, 1.54) is 0 Å². The molecule has 3 nitrogen and oxygen atoms in total. The van der Waals surface area contributed by atoms with Gasteiger partial charge in [-0.1, -0.05) is 30.3 Å². The molecule has 104 valence electrons. The first-order valence-corrected chi connectivity index (χ1v) is 6.80. The normalized spacial score (nSPS) is 10.8. The highest BCUT2D eigenvalue weighted by molar-refractivity contribution is 5.98. The number of fused-ring (bicyclic) bond motifs is 1. The van der Waals surface area contributed by atoms with Gasteiger partial charge in [-0.15, -0.1) is 0 Å². The van der Waals surface area contributed by atoms with Gasteiger partial charge in [0.1, 0.15) is 0 Å². The van der Waals surface area contributed by atoms with Gasteiger partial charge in [0.15, 0.2) is 11.6 Å². The van der Waals surface area contributed by atoms with E-state index in [0.717, 1.165) is 16.6 Å². The average Bonchev–Trinajstić information content (AvgIpc) is 2.87. The lowest BCUT2D eigenvalue weighted by Crippen LogP contribution is -1.96. The van der Waals surface area contributed by atoms with Gasteiger partial charge < -0.3 is 4.40 Å². The summed E-state index contributed by atoms with van der Waals surface area (Å²) in [4.78, 5) is 23.1. The van der Waals surface area contributed by atoms with Crippen LogP contribution in [0.3, 0.4) is 0 Å². The summed E-state index contributed by atoms with van der Waals surface area (Å²) < 4.78 is 1.90. The Morgan fingerprint density at radius 2 is 1.62 bits per heavy atom. The lowest BCUT2D eigenvalue weighted by Gasteiger charge is -2.02. The summed E-state index contributed by atoms with van der Waals surface area (Å²) in [6.07, 6.45) is 1.89. The zero-order chi connectivity index (χ0) is 15.0. The second-order valence-electron chi connectivity index (χ2n) is 5.09. The maximum Gasteiger partial charge on any atom is 0.176 e. The number of hydrogen-bond acceptors (Lipinski definition) is 2. The molecular formula is C18H15NO2. The monoisotopic (exact) mass is 277 g/mol. The second-order valence-corrected chi connectivity index (χ2v) is 5.09. The quantitative estimate of drug-likeness (QED) is 0.678. The number of pyridine rings is 1. The molecule has 0 saturated carbocycles. The molecule has 0 aliphatic heterocycles. The summed E-state index contributed by atoms with van der Waals surface area (Å²) in [5, 5.41) is 0. The lowest BCUT2D eigenvalue weighted by molar-refractivity contribution is 0.100. The van der Waals surface area contributed by atoms with Crippen LogP contribution in [0.15, 0.2) is 54.7 Å². The van der Waals surface area contributed by atoms with Gasteiger partial charge in [0.05, 0.1) is 11.2 Å². The number of benzene rings is 1. The SMILES string of the molecule is CC(=O)c1ccc(-c2cc(C(C)=O)n3ccccc23)cc1. The summed E-state index contributed by atoms with van der Waals surface area (Å²) in [5.74, 6) is 0.0792. The first kappa shape index (κ1) is 13.3. The van der Waals surface area contributed by atoms with Gasteiger partial charge in [-0.25, -0.2) is 0 Å². The molecule has 0 amide bonds. The Labute approximate surface area is 122 Å². The highest BCUT2D eigenvalue weighted by Crippen LogP contribution is 2.28. The Bertz CT molecular complexity index is 841. The molecule has 0 radical (unpaired) electrons. The van der Waals surface area contributed by atoms with Crippen LogP contribution in [0.2, 0.25) is 0 Å². The van der Waals surface area contributed by atoms with E-state index in [4.69, 9.17) is 0 Å². The second kappa shape index (κ2) is 5.02. The fraction of sp³-hybridized carbons (Fsp3) is 0.111. The molecule has 2 heterocycles. The van der Waals surface area contributed by atoms with Crippen molar-refractivity contribution in [1.29, 1.82) is 0 Å². The van der Waals surface area contributed by atoms with Crippen LogP contribution in [-0.4, -0.2) is 16.0 Å². The molecule has 0 fully saturated rings.